The summed E-state index contributed by atoms with van der Waals surface area (Å²) >= 11 is 0. The highest BCUT2D eigenvalue weighted by atomic mass is 16.5. The molecule has 0 unspecified atom stereocenters. The third kappa shape index (κ3) is 1.64. The van der Waals surface area contributed by atoms with Crippen LogP contribution in [0.15, 0.2) is 24.4 Å². The van der Waals surface area contributed by atoms with Crippen molar-refractivity contribution < 1.29 is 14.6 Å². The van der Waals surface area contributed by atoms with Crippen LogP contribution >= 0.6 is 0 Å². The zero-order valence-electron chi connectivity index (χ0n) is 9.84. The SMILES string of the molecule is Cc1ccc2c(c1)-c1c(cnn1CC(=O)[O-])CO2. The van der Waals surface area contributed by atoms with E-state index in [1.807, 2.05) is 25.1 Å². The lowest BCUT2D eigenvalue weighted by Gasteiger charge is -2.20. The molecule has 0 saturated heterocycles. The van der Waals surface area contributed by atoms with Crippen molar-refractivity contribution in [2.45, 2.75) is 20.1 Å². The van der Waals surface area contributed by atoms with E-state index in [1.165, 1.54) is 4.68 Å². The van der Waals surface area contributed by atoms with E-state index in [0.717, 1.165) is 28.1 Å². The minimum absolute atomic E-state index is 0.247. The minimum atomic E-state index is -1.15. The molecule has 1 aliphatic rings. The van der Waals surface area contributed by atoms with E-state index in [1.54, 1.807) is 6.20 Å². The first-order chi connectivity index (χ1) is 8.65. The molecule has 0 saturated carbocycles. The third-order valence-electron chi connectivity index (χ3n) is 2.97. The highest BCUT2D eigenvalue weighted by Gasteiger charge is 2.22. The summed E-state index contributed by atoms with van der Waals surface area (Å²) in [7, 11) is 0. The first-order valence-electron chi connectivity index (χ1n) is 5.63. The van der Waals surface area contributed by atoms with Crippen LogP contribution in [0.4, 0.5) is 0 Å². The fraction of sp³-hybridized carbons (Fsp3) is 0.231. The first kappa shape index (κ1) is 10.8. The number of aliphatic carboxylic acids is 1. The van der Waals surface area contributed by atoms with Gasteiger partial charge in [0, 0.05) is 11.1 Å². The number of rotatable bonds is 2. The van der Waals surface area contributed by atoms with Crippen molar-refractivity contribution in [3.05, 3.63) is 35.5 Å². The van der Waals surface area contributed by atoms with Crippen molar-refractivity contribution >= 4 is 5.97 Å². The summed E-state index contributed by atoms with van der Waals surface area (Å²) in [4.78, 5) is 10.7. The number of benzene rings is 1. The summed E-state index contributed by atoms with van der Waals surface area (Å²) in [5.74, 6) is -0.394. The van der Waals surface area contributed by atoms with E-state index in [-0.39, 0.29) is 6.54 Å². The van der Waals surface area contributed by atoms with Gasteiger partial charge in [-0.15, -0.1) is 0 Å². The van der Waals surface area contributed by atoms with Crippen LogP contribution in [0, 0.1) is 6.92 Å². The minimum Gasteiger partial charge on any atom is -0.548 e. The molecule has 92 valence electrons. The second kappa shape index (κ2) is 3.87. The van der Waals surface area contributed by atoms with Gasteiger partial charge in [-0.3, -0.25) is 4.68 Å². The molecule has 0 spiro atoms. The molecule has 0 atom stereocenters. The normalized spacial score (nSPS) is 12.5. The molecule has 0 bridgehead atoms. The molecular weight excluding hydrogens is 232 g/mol. The van der Waals surface area contributed by atoms with Gasteiger partial charge in [-0.1, -0.05) is 11.6 Å². The highest BCUT2D eigenvalue weighted by Crippen LogP contribution is 2.37. The summed E-state index contributed by atoms with van der Waals surface area (Å²) in [6, 6.07) is 5.83. The number of nitrogens with zero attached hydrogens (tertiary/aromatic N) is 2. The first-order valence-corrected chi connectivity index (χ1v) is 5.63. The van der Waals surface area contributed by atoms with Crippen LogP contribution in [0.3, 0.4) is 0 Å². The zero-order valence-corrected chi connectivity index (χ0v) is 9.84. The molecule has 18 heavy (non-hydrogen) atoms. The van der Waals surface area contributed by atoms with Crippen LogP contribution in [0.2, 0.25) is 0 Å². The molecule has 0 fully saturated rings. The number of carboxylic acid groups (broad SMARTS) is 1. The van der Waals surface area contributed by atoms with Crippen molar-refractivity contribution in [3.8, 4) is 17.0 Å². The van der Waals surface area contributed by atoms with E-state index in [4.69, 9.17) is 4.74 Å². The summed E-state index contributed by atoms with van der Waals surface area (Å²) < 4.78 is 7.06. The maximum atomic E-state index is 10.7. The molecule has 5 nitrogen and oxygen atoms in total. The Hall–Kier alpha value is -2.30. The Morgan fingerprint density at radius 3 is 3.17 bits per heavy atom. The maximum absolute atomic E-state index is 10.7. The topological polar surface area (TPSA) is 67.2 Å². The number of carbonyl (C=O) groups excluding carboxylic acids is 1. The van der Waals surface area contributed by atoms with Gasteiger partial charge in [0.05, 0.1) is 24.4 Å². The van der Waals surface area contributed by atoms with Crippen molar-refractivity contribution in [2.24, 2.45) is 0 Å². The third-order valence-corrected chi connectivity index (χ3v) is 2.97. The lowest BCUT2D eigenvalue weighted by atomic mass is 10.0. The van der Waals surface area contributed by atoms with E-state index in [0.29, 0.717) is 6.61 Å². The van der Waals surface area contributed by atoms with Crippen molar-refractivity contribution in [2.75, 3.05) is 0 Å². The van der Waals surface area contributed by atoms with Gasteiger partial charge in [-0.25, -0.2) is 0 Å². The van der Waals surface area contributed by atoms with Crippen molar-refractivity contribution in [1.82, 2.24) is 9.78 Å². The lowest BCUT2D eigenvalue weighted by Crippen LogP contribution is -2.28. The fourth-order valence-electron chi connectivity index (χ4n) is 2.19. The lowest BCUT2D eigenvalue weighted by molar-refractivity contribution is -0.306. The van der Waals surface area contributed by atoms with E-state index in [2.05, 4.69) is 5.10 Å². The van der Waals surface area contributed by atoms with Crippen LogP contribution in [-0.4, -0.2) is 15.7 Å². The molecule has 0 amide bonds. The Balaban J connectivity index is 2.17. The van der Waals surface area contributed by atoms with Crippen molar-refractivity contribution in [1.29, 1.82) is 0 Å². The van der Waals surface area contributed by atoms with Gasteiger partial charge in [0.2, 0.25) is 0 Å². The zero-order chi connectivity index (χ0) is 12.7. The van der Waals surface area contributed by atoms with Crippen LogP contribution in [-0.2, 0) is 17.9 Å². The summed E-state index contributed by atoms with van der Waals surface area (Å²) in [6.07, 6.45) is 1.64. The van der Waals surface area contributed by atoms with Gasteiger partial charge < -0.3 is 14.6 Å². The molecule has 0 aliphatic carbocycles. The molecule has 5 heteroatoms. The number of aromatic nitrogens is 2. The fourth-order valence-corrected chi connectivity index (χ4v) is 2.19. The molecular formula is C13H11N2O3-. The van der Waals surface area contributed by atoms with Gasteiger partial charge in [-0.2, -0.15) is 5.10 Å². The molecule has 3 rings (SSSR count). The average Bonchev–Trinajstić information content (AvgIpc) is 2.72. The molecule has 1 aromatic carbocycles. The quantitative estimate of drug-likeness (QED) is 0.770. The van der Waals surface area contributed by atoms with Gasteiger partial charge in [0.25, 0.3) is 0 Å². The monoisotopic (exact) mass is 243 g/mol. The molecule has 1 aliphatic heterocycles. The second-order valence-corrected chi connectivity index (χ2v) is 4.34. The molecule has 2 heterocycles. The summed E-state index contributed by atoms with van der Waals surface area (Å²) in [5, 5.41) is 14.8. The van der Waals surface area contributed by atoms with Gasteiger partial charge in [-0.05, 0) is 19.1 Å². The number of aryl methyl sites for hydroxylation is 1. The van der Waals surface area contributed by atoms with Crippen LogP contribution in [0.25, 0.3) is 11.3 Å². The Morgan fingerprint density at radius 2 is 2.39 bits per heavy atom. The summed E-state index contributed by atoms with van der Waals surface area (Å²) in [6.45, 7) is 2.15. The predicted octanol–water partition coefficient (Wildman–Crippen LogP) is 0.501. The second-order valence-electron chi connectivity index (χ2n) is 4.34. The molecule has 0 N–H and O–H groups in total. The van der Waals surface area contributed by atoms with E-state index >= 15 is 0 Å². The largest absolute Gasteiger partial charge is 0.548 e. The Bertz CT molecular complexity index is 631. The van der Waals surface area contributed by atoms with Crippen LogP contribution in [0.1, 0.15) is 11.1 Å². The van der Waals surface area contributed by atoms with E-state index < -0.39 is 5.97 Å². The molecule has 1 aromatic heterocycles. The number of carboxylic acids is 1. The smallest absolute Gasteiger partial charge is 0.129 e. The predicted molar refractivity (Wildman–Crippen MR) is 61.7 cm³/mol. The molecule has 0 radical (unpaired) electrons. The van der Waals surface area contributed by atoms with Gasteiger partial charge >= 0.3 is 0 Å². The van der Waals surface area contributed by atoms with E-state index in [9.17, 15) is 9.90 Å². The number of hydrogen-bond donors (Lipinski definition) is 0. The standard InChI is InChI=1S/C13H12N2O3/c1-8-2-3-11-10(4-8)13-9(7-18-11)5-14-15(13)6-12(16)17/h2-5H,6-7H2,1H3,(H,16,17)/p-1. The Morgan fingerprint density at radius 1 is 1.56 bits per heavy atom. The van der Waals surface area contributed by atoms with Gasteiger partial charge in [0.15, 0.2) is 0 Å². The number of hydrogen-bond acceptors (Lipinski definition) is 4. The van der Waals surface area contributed by atoms with Crippen molar-refractivity contribution in [3.63, 3.8) is 0 Å². The maximum Gasteiger partial charge on any atom is 0.129 e. The van der Waals surface area contributed by atoms with Crippen LogP contribution < -0.4 is 9.84 Å². The van der Waals surface area contributed by atoms with Crippen LogP contribution in [0.5, 0.6) is 5.75 Å². The number of ether oxygens (including phenoxy) is 1. The van der Waals surface area contributed by atoms with Gasteiger partial charge in [0.1, 0.15) is 12.4 Å². The Labute approximate surface area is 104 Å². The number of fused-ring (bicyclic) bond motifs is 3. The number of carbonyl (C=O) groups is 1. The molecule has 2 aromatic rings. The average molecular weight is 243 g/mol. The highest BCUT2D eigenvalue weighted by molar-refractivity contribution is 5.74. The summed E-state index contributed by atoms with van der Waals surface area (Å²) in [5.41, 5.74) is 3.68. The Kier molecular flexibility index (Phi) is 2.33.